The van der Waals surface area contributed by atoms with E-state index < -0.39 is 10.0 Å². The maximum Gasteiger partial charge on any atom is 0.240 e. The Labute approximate surface area is 120 Å². The molecule has 0 aliphatic heterocycles. The molecule has 2 rings (SSSR count). The summed E-state index contributed by atoms with van der Waals surface area (Å²) in [5, 5.41) is 3.13. The van der Waals surface area contributed by atoms with Crippen LogP contribution >= 0.6 is 0 Å². The highest BCUT2D eigenvalue weighted by Gasteiger charge is 2.37. The van der Waals surface area contributed by atoms with Crippen LogP contribution in [-0.2, 0) is 14.8 Å². The van der Waals surface area contributed by atoms with E-state index in [-0.39, 0.29) is 10.5 Å². The summed E-state index contributed by atoms with van der Waals surface area (Å²) in [4.78, 5) is 0.282. The van der Waals surface area contributed by atoms with Crippen LogP contribution in [0.4, 0.5) is 5.69 Å². The summed E-state index contributed by atoms with van der Waals surface area (Å²) in [7, 11) is -1.83. The largest absolute Gasteiger partial charge is 0.385 e. The van der Waals surface area contributed by atoms with E-state index in [2.05, 4.69) is 10.0 Å². The zero-order valence-electron chi connectivity index (χ0n) is 12.0. The molecule has 1 aliphatic rings. The minimum absolute atomic E-state index is 0.282. The average molecular weight is 298 g/mol. The van der Waals surface area contributed by atoms with E-state index >= 15 is 0 Å². The molecule has 1 saturated carbocycles. The van der Waals surface area contributed by atoms with Crippen molar-refractivity contribution < 1.29 is 13.2 Å². The van der Waals surface area contributed by atoms with Gasteiger partial charge in [-0.2, -0.15) is 0 Å². The van der Waals surface area contributed by atoms with Crippen molar-refractivity contribution in [3.8, 4) is 0 Å². The molecule has 0 atom stereocenters. The van der Waals surface area contributed by atoms with Crippen LogP contribution in [0.1, 0.15) is 26.2 Å². The van der Waals surface area contributed by atoms with Crippen molar-refractivity contribution in [1.29, 1.82) is 0 Å². The molecule has 1 aromatic carbocycles. The molecule has 5 nitrogen and oxygen atoms in total. The van der Waals surface area contributed by atoms with Gasteiger partial charge < -0.3 is 10.1 Å². The lowest BCUT2D eigenvalue weighted by Gasteiger charge is -2.40. The molecule has 0 radical (unpaired) electrons. The van der Waals surface area contributed by atoms with Crippen molar-refractivity contribution in [2.45, 2.75) is 36.7 Å². The summed E-state index contributed by atoms with van der Waals surface area (Å²) < 4.78 is 32.5. The van der Waals surface area contributed by atoms with Gasteiger partial charge in [-0.15, -0.1) is 0 Å². The number of hydrogen-bond acceptors (Lipinski definition) is 4. The topological polar surface area (TPSA) is 67.4 Å². The van der Waals surface area contributed by atoms with Crippen molar-refractivity contribution in [3.05, 3.63) is 24.3 Å². The van der Waals surface area contributed by atoms with E-state index in [1.54, 1.807) is 31.4 Å². The molecule has 0 bridgehead atoms. The maximum absolute atomic E-state index is 12.2. The second kappa shape index (κ2) is 6.11. The number of hydrogen-bond donors (Lipinski definition) is 2. The molecule has 1 aromatic rings. The van der Waals surface area contributed by atoms with Crippen LogP contribution in [0.25, 0.3) is 0 Å². The maximum atomic E-state index is 12.2. The van der Waals surface area contributed by atoms with Gasteiger partial charge in [-0.25, -0.2) is 13.1 Å². The molecule has 0 saturated heterocycles. The van der Waals surface area contributed by atoms with Crippen LogP contribution in [0.5, 0.6) is 0 Å². The minimum Gasteiger partial charge on any atom is -0.385 e. The monoisotopic (exact) mass is 298 g/mol. The third kappa shape index (κ3) is 3.31. The van der Waals surface area contributed by atoms with Crippen LogP contribution in [0.3, 0.4) is 0 Å². The van der Waals surface area contributed by atoms with Crippen LogP contribution in [0.2, 0.25) is 0 Å². The molecule has 0 heterocycles. The highest BCUT2D eigenvalue weighted by Crippen LogP contribution is 2.34. The predicted octanol–water partition coefficient (Wildman–Crippen LogP) is 1.97. The number of ether oxygens (including phenoxy) is 1. The Morgan fingerprint density at radius 2 is 1.90 bits per heavy atom. The van der Waals surface area contributed by atoms with Crippen LogP contribution in [-0.4, -0.2) is 34.2 Å². The van der Waals surface area contributed by atoms with Gasteiger partial charge in [-0.3, -0.25) is 0 Å². The molecule has 6 heteroatoms. The van der Waals surface area contributed by atoms with Gasteiger partial charge >= 0.3 is 0 Å². The van der Waals surface area contributed by atoms with Gasteiger partial charge in [-0.05, 0) is 50.5 Å². The van der Waals surface area contributed by atoms with Gasteiger partial charge in [0, 0.05) is 25.9 Å². The number of rotatable bonds is 7. The molecule has 0 spiro atoms. The lowest BCUT2D eigenvalue weighted by molar-refractivity contribution is -0.0659. The molecule has 0 aromatic heterocycles. The van der Waals surface area contributed by atoms with E-state index in [1.165, 1.54) is 0 Å². The molecule has 20 heavy (non-hydrogen) atoms. The smallest absolute Gasteiger partial charge is 0.240 e. The molecule has 112 valence electrons. The average Bonchev–Trinajstić information content (AvgIpc) is 2.39. The standard InChI is InChI=1S/C14H22N2O3S/c1-3-15-12-5-7-13(8-6-12)20(17,18)16-11-14(19-2)9-4-10-14/h5-8,15-16H,3-4,9-11H2,1-2H3. The first-order chi connectivity index (χ1) is 9.51. The zero-order chi connectivity index (χ0) is 14.6. The molecule has 0 amide bonds. The summed E-state index contributed by atoms with van der Waals surface area (Å²) in [5.74, 6) is 0. The summed E-state index contributed by atoms with van der Waals surface area (Å²) in [6, 6.07) is 6.77. The highest BCUT2D eigenvalue weighted by molar-refractivity contribution is 7.89. The van der Waals surface area contributed by atoms with Crippen molar-refractivity contribution in [2.75, 3.05) is 25.5 Å². The van der Waals surface area contributed by atoms with Gasteiger partial charge in [0.25, 0.3) is 0 Å². The number of methoxy groups -OCH3 is 1. The van der Waals surface area contributed by atoms with Crippen LogP contribution < -0.4 is 10.0 Å². The summed E-state index contributed by atoms with van der Waals surface area (Å²) in [6.07, 6.45) is 2.91. The van der Waals surface area contributed by atoms with Crippen LogP contribution in [0, 0.1) is 0 Å². The highest BCUT2D eigenvalue weighted by atomic mass is 32.2. The molecule has 0 unspecified atom stereocenters. The van der Waals surface area contributed by atoms with Gasteiger partial charge in [0.2, 0.25) is 10.0 Å². The number of benzene rings is 1. The van der Waals surface area contributed by atoms with E-state index in [0.717, 1.165) is 31.5 Å². The van der Waals surface area contributed by atoms with Gasteiger partial charge in [0.1, 0.15) is 0 Å². The van der Waals surface area contributed by atoms with E-state index in [1.807, 2.05) is 6.92 Å². The van der Waals surface area contributed by atoms with Gasteiger partial charge in [-0.1, -0.05) is 0 Å². The van der Waals surface area contributed by atoms with E-state index in [9.17, 15) is 8.42 Å². The molecular formula is C14H22N2O3S. The number of sulfonamides is 1. The fourth-order valence-electron chi connectivity index (χ4n) is 2.29. The first kappa shape index (κ1) is 15.3. The molecule has 1 aliphatic carbocycles. The first-order valence-electron chi connectivity index (χ1n) is 6.90. The van der Waals surface area contributed by atoms with Crippen molar-refractivity contribution in [1.82, 2.24) is 4.72 Å². The zero-order valence-corrected chi connectivity index (χ0v) is 12.8. The molecule has 2 N–H and O–H groups in total. The summed E-state index contributed by atoms with van der Waals surface area (Å²) in [6.45, 7) is 3.14. The van der Waals surface area contributed by atoms with Gasteiger partial charge in [0.15, 0.2) is 0 Å². The van der Waals surface area contributed by atoms with Gasteiger partial charge in [0.05, 0.1) is 10.5 Å². The third-order valence-electron chi connectivity index (χ3n) is 3.83. The van der Waals surface area contributed by atoms with Crippen LogP contribution in [0.15, 0.2) is 29.2 Å². The Kier molecular flexibility index (Phi) is 4.67. The predicted molar refractivity (Wildman–Crippen MR) is 79.4 cm³/mol. The Morgan fingerprint density at radius 1 is 1.25 bits per heavy atom. The van der Waals surface area contributed by atoms with E-state index in [0.29, 0.717) is 6.54 Å². The molecular weight excluding hydrogens is 276 g/mol. The number of anilines is 1. The Morgan fingerprint density at radius 3 is 2.35 bits per heavy atom. The van der Waals surface area contributed by atoms with Crippen molar-refractivity contribution >= 4 is 15.7 Å². The Hall–Kier alpha value is -1.11. The second-order valence-electron chi connectivity index (χ2n) is 5.12. The Balaban J connectivity index is 2.02. The summed E-state index contributed by atoms with van der Waals surface area (Å²) >= 11 is 0. The molecule has 1 fully saturated rings. The SMILES string of the molecule is CCNc1ccc(S(=O)(=O)NCC2(OC)CCC2)cc1. The lowest BCUT2D eigenvalue weighted by atomic mass is 9.80. The first-order valence-corrected chi connectivity index (χ1v) is 8.38. The van der Waals surface area contributed by atoms with Crippen molar-refractivity contribution in [3.63, 3.8) is 0 Å². The second-order valence-corrected chi connectivity index (χ2v) is 6.89. The third-order valence-corrected chi connectivity index (χ3v) is 5.24. The normalized spacial score (nSPS) is 17.5. The lowest BCUT2D eigenvalue weighted by Crippen LogP contribution is -2.49. The fourth-order valence-corrected chi connectivity index (χ4v) is 3.40. The summed E-state index contributed by atoms with van der Waals surface area (Å²) in [5.41, 5.74) is 0.607. The van der Waals surface area contributed by atoms with Crippen molar-refractivity contribution in [2.24, 2.45) is 0 Å². The van der Waals surface area contributed by atoms with E-state index in [4.69, 9.17) is 4.74 Å². The fraction of sp³-hybridized carbons (Fsp3) is 0.571. The number of nitrogens with one attached hydrogen (secondary N) is 2. The Bertz CT molecular complexity index is 531. The quantitative estimate of drug-likeness (QED) is 0.807. The minimum atomic E-state index is -3.47.